The number of rotatable bonds is 8. The van der Waals surface area contributed by atoms with E-state index in [2.05, 4.69) is 5.32 Å². The SMILES string of the molecule is CC(C)CC(CNC(=O)C(C)C(C)N)CC(=O)O. The van der Waals surface area contributed by atoms with Gasteiger partial charge in [0.2, 0.25) is 5.91 Å². The van der Waals surface area contributed by atoms with Crippen molar-refractivity contribution in [2.75, 3.05) is 6.54 Å². The number of hydrogen-bond acceptors (Lipinski definition) is 3. The van der Waals surface area contributed by atoms with E-state index in [1.807, 2.05) is 13.8 Å². The van der Waals surface area contributed by atoms with Crippen molar-refractivity contribution >= 4 is 11.9 Å². The first kappa shape index (κ1) is 16.9. The lowest BCUT2D eigenvalue weighted by molar-refractivity contribution is -0.138. The summed E-state index contributed by atoms with van der Waals surface area (Å²) >= 11 is 0. The van der Waals surface area contributed by atoms with Gasteiger partial charge in [0.05, 0.1) is 0 Å². The zero-order chi connectivity index (χ0) is 14.3. The number of nitrogens with one attached hydrogen (secondary N) is 1. The van der Waals surface area contributed by atoms with Crippen LogP contribution in [0, 0.1) is 17.8 Å². The Morgan fingerprint density at radius 2 is 1.78 bits per heavy atom. The molecule has 0 aliphatic heterocycles. The Labute approximate surface area is 109 Å². The van der Waals surface area contributed by atoms with E-state index in [-0.39, 0.29) is 30.2 Å². The van der Waals surface area contributed by atoms with Gasteiger partial charge in [-0.15, -0.1) is 0 Å². The van der Waals surface area contributed by atoms with Crippen LogP contribution in [0.15, 0.2) is 0 Å². The van der Waals surface area contributed by atoms with Crippen molar-refractivity contribution in [2.24, 2.45) is 23.5 Å². The lowest BCUT2D eigenvalue weighted by atomic mass is 9.93. The third-order valence-electron chi connectivity index (χ3n) is 3.04. The maximum Gasteiger partial charge on any atom is 0.303 e. The second kappa shape index (κ2) is 8.08. The van der Waals surface area contributed by atoms with Crippen LogP contribution in [0.4, 0.5) is 0 Å². The molecule has 0 aromatic rings. The molecule has 0 heterocycles. The van der Waals surface area contributed by atoms with E-state index in [9.17, 15) is 9.59 Å². The Hall–Kier alpha value is -1.10. The second-order valence-electron chi connectivity index (χ2n) is 5.49. The average Bonchev–Trinajstić information content (AvgIpc) is 2.22. The van der Waals surface area contributed by atoms with Gasteiger partial charge in [0, 0.05) is 24.9 Å². The van der Waals surface area contributed by atoms with Gasteiger partial charge in [0.1, 0.15) is 0 Å². The number of nitrogens with two attached hydrogens (primary N) is 1. The van der Waals surface area contributed by atoms with Gasteiger partial charge in [-0.2, -0.15) is 0 Å². The molecule has 3 atom stereocenters. The predicted octanol–water partition coefficient (Wildman–Crippen LogP) is 1.22. The molecule has 3 unspecified atom stereocenters. The molecule has 0 aliphatic carbocycles. The van der Waals surface area contributed by atoms with E-state index in [4.69, 9.17) is 10.8 Å². The lowest BCUT2D eigenvalue weighted by Gasteiger charge is -2.20. The molecular formula is C13H26N2O3. The Balaban J connectivity index is 4.24. The van der Waals surface area contributed by atoms with Crippen molar-refractivity contribution in [3.8, 4) is 0 Å². The molecule has 0 saturated heterocycles. The molecule has 4 N–H and O–H groups in total. The summed E-state index contributed by atoms with van der Waals surface area (Å²) < 4.78 is 0. The minimum Gasteiger partial charge on any atom is -0.481 e. The van der Waals surface area contributed by atoms with Crippen molar-refractivity contribution in [1.29, 1.82) is 0 Å². The average molecular weight is 258 g/mol. The molecule has 106 valence electrons. The van der Waals surface area contributed by atoms with Crippen molar-refractivity contribution in [2.45, 2.75) is 46.6 Å². The van der Waals surface area contributed by atoms with Gasteiger partial charge in [-0.25, -0.2) is 0 Å². The third-order valence-corrected chi connectivity index (χ3v) is 3.04. The van der Waals surface area contributed by atoms with Crippen molar-refractivity contribution in [3.05, 3.63) is 0 Å². The highest BCUT2D eigenvalue weighted by atomic mass is 16.4. The van der Waals surface area contributed by atoms with Gasteiger partial charge in [0.25, 0.3) is 0 Å². The molecule has 0 radical (unpaired) electrons. The number of carbonyl (C=O) groups excluding carboxylic acids is 1. The topological polar surface area (TPSA) is 92.4 Å². The first-order chi connectivity index (χ1) is 8.23. The molecule has 0 saturated carbocycles. The highest BCUT2D eigenvalue weighted by molar-refractivity contribution is 5.79. The zero-order valence-corrected chi connectivity index (χ0v) is 11.8. The molecule has 0 bridgehead atoms. The van der Waals surface area contributed by atoms with Gasteiger partial charge < -0.3 is 16.2 Å². The lowest BCUT2D eigenvalue weighted by Crippen LogP contribution is -2.40. The summed E-state index contributed by atoms with van der Waals surface area (Å²) in [5.41, 5.74) is 5.65. The quantitative estimate of drug-likeness (QED) is 0.610. The van der Waals surface area contributed by atoms with E-state index in [1.54, 1.807) is 13.8 Å². The molecule has 5 heteroatoms. The van der Waals surface area contributed by atoms with Gasteiger partial charge in [-0.1, -0.05) is 20.8 Å². The standard InChI is InChI=1S/C13H26N2O3/c1-8(2)5-11(6-12(16)17)7-15-13(18)9(3)10(4)14/h8-11H,5-7,14H2,1-4H3,(H,15,18)(H,16,17). The Bertz CT molecular complexity index is 277. The van der Waals surface area contributed by atoms with E-state index in [0.29, 0.717) is 12.5 Å². The van der Waals surface area contributed by atoms with Crippen LogP contribution in [0.2, 0.25) is 0 Å². The summed E-state index contributed by atoms with van der Waals surface area (Å²) in [6.45, 7) is 8.05. The predicted molar refractivity (Wildman–Crippen MR) is 71.0 cm³/mol. The molecule has 0 aliphatic rings. The summed E-state index contributed by atoms with van der Waals surface area (Å²) in [6.07, 6.45) is 0.879. The van der Waals surface area contributed by atoms with Crippen LogP contribution in [0.3, 0.4) is 0 Å². The maximum absolute atomic E-state index is 11.7. The number of aliphatic carboxylic acids is 1. The summed E-state index contributed by atoms with van der Waals surface area (Å²) in [7, 11) is 0. The van der Waals surface area contributed by atoms with E-state index in [0.717, 1.165) is 6.42 Å². The monoisotopic (exact) mass is 258 g/mol. The second-order valence-corrected chi connectivity index (χ2v) is 5.49. The molecule has 0 spiro atoms. The molecule has 0 aromatic carbocycles. The largest absolute Gasteiger partial charge is 0.481 e. The first-order valence-electron chi connectivity index (χ1n) is 6.49. The molecule has 0 rings (SSSR count). The highest BCUT2D eigenvalue weighted by Crippen LogP contribution is 2.15. The fourth-order valence-corrected chi connectivity index (χ4v) is 1.80. The fourth-order valence-electron chi connectivity index (χ4n) is 1.80. The van der Waals surface area contributed by atoms with Crippen LogP contribution in [-0.4, -0.2) is 29.6 Å². The number of hydrogen-bond donors (Lipinski definition) is 3. The smallest absolute Gasteiger partial charge is 0.303 e. The van der Waals surface area contributed by atoms with Crippen LogP contribution in [0.5, 0.6) is 0 Å². The highest BCUT2D eigenvalue weighted by Gasteiger charge is 2.20. The summed E-state index contributed by atoms with van der Waals surface area (Å²) in [6, 6.07) is -0.201. The third kappa shape index (κ3) is 7.27. The number of carboxylic acids is 1. The van der Waals surface area contributed by atoms with Crippen LogP contribution in [0.25, 0.3) is 0 Å². The van der Waals surface area contributed by atoms with Crippen molar-refractivity contribution < 1.29 is 14.7 Å². The first-order valence-corrected chi connectivity index (χ1v) is 6.49. The van der Waals surface area contributed by atoms with Crippen molar-refractivity contribution in [3.63, 3.8) is 0 Å². The number of carbonyl (C=O) groups is 2. The molecule has 18 heavy (non-hydrogen) atoms. The van der Waals surface area contributed by atoms with E-state index in [1.165, 1.54) is 0 Å². The normalized spacial score (nSPS) is 16.1. The molecule has 0 fully saturated rings. The minimum atomic E-state index is -0.824. The van der Waals surface area contributed by atoms with E-state index >= 15 is 0 Å². The Morgan fingerprint density at radius 1 is 1.22 bits per heavy atom. The number of amides is 1. The van der Waals surface area contributed by atoms with Crippen LogP contribution in [-0.2, 0) is 9.59 Å². The molecule has 5 nitrogen and oxygen atoms in total. The fraction of sp³-hybridized carbons (Fsp3) is 0.846. The van der Waals surface area contributed by atoms with Gasteiger partial charge in [-0.05, 0) is 25.2 Å². The van der Waals surface area contributed by atoms with E-state index < -0.39 is 5.97 Å². The van der Waals surface area contributed by atoms with Gasteiger partial charge in [0.15, 0.2) is 0 Å². The molecule has 1 amide bonds. The molecule has 0 aromatic heterocycles. The van der Waals surface area contributed by atoms with Crippen LogP contribution in [0.1, 0.15) is 40.5 Å². The Kier molecular flexibility index (Phi) is 7.59. The summed E-state index contributed by atoms with van der Waals surface area (Å²) in [5.74, 6) is -0.794. The zero-order valence-electron chi connectivity index (χ0n) is 11.8. The Morgan fingerprint density at radius 3 is 2.17 bits per heavy atom. The van der Waals surface area contributed by atoms with Crippen LogP contribution < -0.4 is 11.1 Å². The van der Waals surface area contributed by atoms with Crippen LogP contribution >= 0.6 is 0 Å². The van der Waals surface area contributed by atoms with Gasteiger partial charge in [-0.3, -0.25) is 9.59 Å². The maximum atomic E-state index is 11.7. The number of carboxylic acid groups (broad SMARTS) is 1. The summed E-state index contributed by atoms with van der Waals surface area (Å²) in [5, 5.41) is 11.6. The van der Waals surface area contributed by atoms with Gasteiger partial charge >= 0.3 is 5.97 Å². The summed E-state index contributed by atoms with van der Waals surface area (Å²) in [4.78, 5) is 22.5. The van der Waals surface area contributed by atoms with Crippen molar-refractivity contribution in [1.82, 2.24) is 5.32 Å². The molecular weight excluding hydrogens is 232 g/mol. The minimum absolute atomic E-state index is 0.0215.